The van der Waals surface area contributed by atoms with E-state index in [1.54, 1.807) is 13.1 Å². The van der Waals surface area contributed by atoms with Crippen molar-refractivity contribution in [2.45, 2.75) is 19.3 Å². The van der Waals surface area contributed by atoms with Gasteiger partial charge in [0.1, 0.15) is 5.82 Å². The predicted molar refractivity (Wildman–Crippen MR) is 84.2 cm³/mol. The van der Waals surface area contributed by atoms with Crippen molar-refractivity contribution in [1.29, 1.82) is 0 Å². The standard InChI is InChI=1S/C13H17N7O2S/c1-2-16-23(21,22)19-6-4-9(8-19)13-18-17-11-7-15-12-10(20(11)13)3-5-14-12/h3,5,7,9,14,16H,2,4,6,8H2,1H3. The van der Waals surface area contributed by atoms with Crippen molar-refractivity contribution in [2.75, 3.05) is 19.6 Å². The Hall–Kier alpha value is -2.04. The molecule has 10 heteroatoms. The molecule has 0 aliphatic carbocycles. The molecule has 0 bridgehead atoms. The summed E-state index contributed by atoms with van der Waals surface area (Å²) in [7, 11) is -3.41. The molecular weight excluding hydrogens is 318 g/mol. The Balaban J connectivity index is 1.72. The second kappa shape index (κ2) is 5.25. The molecule has 23 heavy (non-hydrogen) atoms. The highest BCUT2D eigenvalue weighted by atomic mass is 32.2. The van der Waals surface area contributed by atoms with Crippen LogP contribution >= 0.6 is 0 Å². The van der Waals surface area contributed by atoms with Crippen molar-refractivity contribution < 1.29 is 8.42 Å². The van der Waals surface area contributed by atoms with E-state index in [1.165, 1.54) is 4.31 Å². The van der Waals surface area contributed by atoms with Gasteiger partial charge in [-0.15, -0.1) is 10.2 Å². The van der Waals surface area contributed by atoms with Gasteiger partial charge in [-0.1, -0.05) is 6.92 Å². The molecule has 4 rings (SSSR count). The van der Waals surface area contributed by atoms with Crippen molar-refractivity contribution in [3.05, 3.63) is 24.3 Å². The van der Waals surface area contributed by atoms with E-state index in [0.717, 1.165) is 23.4 Å². The Morgan fingerprint density at radius 2 is 2.30 bits per heavy atom. The van der Waals surface area contributed by atoms with Crippen molar-refractivity contribution in [2.24, 2.45) is 0 Å². The fourth-order valence-corrected chi connectivity index (χ4v) is 4.36. The van der Waals surface area contributed by atoms with Crippen LogP contribution in [0.15, 0.2) is 18.5 Å². The van der Waals surface area contributed by atoms with Gasteiger partial charge in [-0.05, 0) is 12.5 Å². The van der Waals surface area contributed by atoms with Gasteiger partial charge in [-0.2, -0.15) is 12.7 Å². The molecule has 1 atom stereocenters. The fourth-order valence-electron chi connectivity index (χ4n) is 3.09. The Morgan fingerprint density at radius 3 is 3.13 bits per heavy atom. The number of hydrogen-bond donors (Lipinski definition) is 2. The molecule has 1 aliphatic heterocycles. The number of rotatable bonds is 4. The molecule has 0 aromatic carbocycles. The second-order valence-electron chi connectivity index (χ2n) is 5.57. The molecule has 1 fully saturated rings. The molecule has 0 amide bonds. The minimum Gasteiger partial charge on any atom is -0.345 e. The van der Waals surface area contributed by atoms with E-state index in [1.807, 2.05) is 16.7 Å². The summed E-state index contributed by atoms with van der Waals surface area (Å²) in [6, 6.07) is 1.92. The van der Waals surface area contributed by atoms with Crippen LogP contribution in [0, 0.1) is 0 Å². The van der Waals surface area contributed by atoms with Gasteiger partial charge in [0, 0.05) is 31.7 Å². The largest absolute Gasteiger partial charge is 0.345 e. The van der Waals surface area contributed by atoms with Gasteiger partial charge in [0.05, 0.1) is 11.7 Å². The molecule has 2 N–H and O–H groups in total. The van der Waals surface area contributed by atoms with E-state index in [4.69, 9.17) is 0 Å². The van der Waals surface area contributed by atoms with E-state index < -0.39 is 10.2 Å². The van der Waals surface area contributed by atoms with Crippen LogP contribution in [0.1, 0.15) is 25.1 Å². The molecule has 4 heterocycles. The van der Waals surface area contributed by atoms with E-state index in [0.29, 0.717) is 25.3 Å². The van der Waals surface area contributed by atoms with Gasteiger partial charge < -0.3 is 4.98 Å². The summed E-state index contributed by atoms with van der Waals surface area (Å²) in [5.41, 5.74) is 2.32. The smallest absolute Gasteiger partial charge is 0.279 e. The van der Waals surface area contributed by atoms with Crippen LogP contribution in [0.2, 0.25) is 0 Å². The van der Waals surface area contributed by atoms with Crippen LogP contribution < -0.4 is 4.72 Å². The van der Waals surface area contributed by atoms with Gasteiger partial charge in [-0.3, -0.25) is 4.40 Å². The molecule has 0 saturated carbocycles. The highest BCUT2D eigenvalue weighted by Gasteiger charge is 2.34. The summed E-state index contributed by atoms with van der Waals surface area (Å²) in [6.07, 6.45) is 4.20. The Kier molecular flexibility index (Phi) is 3.32. The first-order valence-corrected chi connectivity index (χ1v) is 8.96. The minimum atomic E-state index is -3.41. The van der Waals surface area contributed by atoms with Gasteiger partial charge in [0.25, 0.3) is 10.2 Å². The van der Waals surface area contributed by atoms with Crippen LogP contribution in [0.3, 0.4) is 0 Å². The quantitative estimate of drug-likeness (QED) is 0.710. The summed E-state index contributed by atoms with van der Waals surface area (Å²) in [4.78, 5) is 7.36. The molecule has 9 nitrogen and oxygen atoms in total. The van der Waals surface area contributed by atoms with E-state index in [-0.39, 0.29) is 5.92 Å². The first kappa shape index (κ1) is 14.5. The number of H-pyrrole nitrogens is 1. The van der Waals surface area contributed by atoms with Crippen molar-refractivity contribution in [3.8, 4) is 0 Å². The Labute approximate surface area is 132 Å². The lowest BCUT2D eigenvalue weighted by molar-refractivity contribution is 0.460. The van der Waals surface area contributed by atoms with E-state index in [2.05, 4.69) is 24.9 Å². The average Bonchev–Trinajstić information content (AvgIpc) is 3.24. The van der Waals surface area contributed by atoms with E-state index in [9.17, 15) is 8.42 Å². The van der Waals surface area contributed by atoms with Crippen LogP contribution in [-0.2, 0) is 10.2 Å². The number of nitrogens with one attached hydrogen (secondary N) is 2. The lowest BCUT2D eigenvalue weighted by Crippen LogP contribution is -2.39. The van der Waals surface area contributed by atoms with Crippen LogP contribution in [0.4, 0.5) is 0 Å². The maximum Gasteiger partial charge on any atom is 0.279 e. The Morgan fingerprint density at radius 1 is 1.43 bits per heavy atom. The zero-order valence-corrected chi connectivity index (χ0v) is 13.4. The molecule has 1 unspecified atom stereocenters. The third kappa shape index (κ3) is 2.30. The van der Waals surface area contributed by atoms with Crippen molar-refractivity contribution in [3.63, 3.8) is 0 Å². The lowest BCUT2D eigenvalue weighted by atomic mass is 10.1. The maximum absolute atomic E-state index is 12.1. The zero-order chi connectivity index (χ0) is 16.0. The molecule has 122 valence electrons. The molecule has 0 radical (unpaired) electrons. The monoisotopic (exact) mass is 335 g/mol. The van der Waals surface area contributed by atoms with Crippen LogP contribution in [0.5, 0.6) is 0 Å². The lowest BCUT2D eigenvalue weighted by Gasteiger charge is -2.16. The SMILES string of the molecule is CCNS(=O)(=O)N1CCC(c2nnc3cnc4[nH]ccc4n23)C1. The average molecular weight is 335 g/mol. The third-order valence-electron chi connectivity index (χ3n) is 4.15. The highest BCUT2D eigenvalue weighted by Crippen LogP contribution is 2.29. The number of hydrogen-bond acceptors (Lipinski definition) is 5. The molecule has 3 aromatic heterocycles. The topological polar surface area (TPSA) is 108 Å². The molecule has 0 spiro atoms. The van der Waals surface area contributed by atoms with Gasteiger partial charge >= 0.3 is 0 Å². The number of fused-ring (bicyclic) bond motifs is 3. The van der Waals surface area contributed by atoms with Crippen LogP contribution in [0.25, 0.3) is 16.8 Å². The van der Waals surface area contributed by atoms with Gasteiger partial charge in [0.2, 0.25) is 0 Å². The van der Waals surface area contributed by atoms with Crippen molar-refractivity contribution >= 4 is 27.0 Å². The van der Waals surface area contributed by atoms with Crippen molar-refractivity contribution in [1.82, 2.24) is 33.6 Å². The van der Waals surface area contributed by atoms with E-state index >= 15 is 0 Å². The summed E-state index contributed by atoms with van der Waals surface area (Å²) < 4.78 is 30.2. The highest BCUT2D eigenvalue weighted by molar-refractivity contribution is 7.87. The molecule has 3 aromatic rings. The normalized spacial score (nSPS) is 20.0. The molecule has 1 saturated heterocycles. The molecule has 1 aliphatic rings. The first-order chi connectivity index (χ1) is 11.1. The van der Waals surface area contributed by atoms with Gasteiger partial charge in [0.15, 0.2) is 11.3 Å². The fraction of sp³-hybridized carbons (Fsp3) is 0.462. The summed E-state index contributed by atoms with van der Waals surface area (Å²) in [5, 5.41) is 8.46. The molecular formula is C13H17N7O2S. The van der Waals surface area contributed by atoms with Gasteiger partial charge in [-0.25, -0.2) is 9.71 Å². The Bertz CT molecular complexity index is 961. The number of aromatic amines is 1. The maximum atomic E-state index is 12.1. The zero-order valence-electron chi connectivity index (χ0n) is 12.6. The predicted octanol–water partition coefficient (Wildman–Crippen LogP) is 0.249. The number of nitrogens with zero attached hydrogens (tertiary/aromatic N) is 5. The first-order valence-electron chi connectivity index (χ1n) is 7.52. The van der Waals surface area contributed by atoms with Crippen LogP contribution in [-0.4, -0.2) is 56.9 Å². The second-order valence-corrected chi connectivity index (χ2v) is 7.32. The number of aromatic nitrogens is 5. The summed E-state index contributed by atoms with van der Waals surface area (Å²) >= 11 is 0. The summed E-state index contributed by atoms with van der Waals surface area (Å²) in [6.45, 7) is 3.04. The summed E-state index contributed by atoms with van der Waals surface area (Å²) in [5.74, 6) is 0.792. The third-order valence-corrected chi connectivity index (χ3v) is 5.81. The minimum absolute atomic E-state index is 0.0129.